The van der Waals surface area contributed by atoms with Gasteiger partial charge in [0, 0.05) is 11.1 Å². The van der Waals surface area contributed by atoms with Crippen LogP contribution in [0.3, 0.4) is 0 Å². The number of rotatable bonds is 4. The van der Waals surface area contributed by atoms with Crippen LogP contribution in [-0.2, 0) is 0 Å². The average Bonchev–Trinajstić information content (AvgIpc) is 2.47. The lowest BCUT2D eigenvalue weighted by molar-refractivity contribution is -0.385. The summed E-state index contributed by atoms with van der Waals surface area (Å²) in [4.78, 5) is 22.2. The summed E-state index contributed by atoms with van der Waals surface area (Å²) < 4.78 is 0. The summed E-state index contributed by atoms with van der Waals surface area (Å²) >= 11 is 11.6. The summed E-state index contributed by atoms with van der Waals surface area (Å²) in [5.74, 6) is -0.545. The predicted octanol–water partition coefficient (Wildman–Crippen LogP) is 3.67. The molecule has 2 aromatic carbocycles. The molecule has 8 heteroatoms. The third-order valence-electron chi connectivity index (χ3n) is 2.68. The van der Waals surface area contributed by atoms with Crippen molar-refractivity contribution in [3.05, 3.63) is 73.8 Å². The standard InChI is InChI=1S/C14H9Cl2N3O3/c15-10-5-6-11(12(16)7-10)14(20)18-17-8-9-3-1-2-4-13(9)19(21)22/h1-8H,(H,18,20)/b17-8-. The van der Waals surface area contributed by atoms with Crippen LogP contribution in [0.1, 0.15) is 15.9 Å². The number of nitro benzene ring substituents is 1. The van der Waals surface area contributed by atoms with E-state index >= 15 is 0 Å². The molecule has 0 radical (unpaired) electrons. The summed E-state index contributed by atoms with van der Waals surface area (Å²) in [7, 11) is 0. The molecule has 1 N–H and O–H groups in total. The number of nitrogens with one attached hydrogen (secondary N) is 1. The molecule has 0 saturated heterocycles. The largest absolute Gasteiger partial charge is 0.278 e. The van der Waals surface area contributed by atoms with Gasteiger partial charge in [-0.25, -0.2) is 5.43 Å². The van der Waals surface area contributed by atoms with Crippen molar-refractivity contribution >= 4 is 41.0 Å². The Morgan fingerprint density at radius 1 is 1.23 bits per heavy atom. The maximum absolute atomic E-state index is 11.9. The van der Waals surface area contributed by atoms with Gasteiger partial charge in [0.25, 0.3) is 11.6 Å². The van der Waals surface area contributed by atoms with Crippen LogP contribution in [0.2, 0.25) is 10.0 Å². The quantitative estimate of drug-likeness (QED) is 0.524. The Balaban J connectivity index is 2.13. The lowest BCUT2D eigenvalue weighted by Crippen LogP contribution is -2.18. The number of carbonyl (C=O) groups excluding carboxylic acids is 1. The van der Waals surface area contributed by atoms with Crippen LogP contribution in [0, 0.1) is 10.1 Å². The van der Waals surface area contributed by atoms with Crippen molar-refractivity contribution in [3.8, 4) is 0 Å². The lowest BCUT2D eigenvalue weighted by atomic mass is 10.2. The predicted molar refractivity (Wildman–Crippen MR) is 84.6 cm³/mol. The molecule has 0 atom stereocenters. The van der Waals surface area contributed by atoms with E-state index in [2.05, 4.69) is 10.5 Å². The van der Waals surface area contributed by atoms with E-state index < -0.39 is 10.8 Å². The average molecular weight is 338 g/mol. The van der Waals surface area contributed by atoms with E-state index in [4.69, 9.17) is 23.2 Å². The van der Waals surface area contributed by atoms with Crippen molar-refractivity contribution in [3.63, 3.8) is 0 Å². The Labute approximate surface area is 135 Å². The summed E-state index contributed by atoms with van der Waals surface area (Å²) in [6.45, 7) is 0. The molecule has 6 nitrogen and oxygen atoms in total. The highest BCUT2D eigenvalue weighted by atomic mass is 35.5. The van der Waals surface area contributed by atoms with Gasteiger partial charge in [0.15, 0.2) is 0 Å². The number of hydrazone groups is 1. The molecule has 0 unspecified atom stereocenters. The van der Waals surface area contributed by atoms with Gasteiger partial charge in [0.2, 0.25) is 0 Å². The van der Waals surface area contributed by atoms with E-state index in [-0.39, 0.29) is 21.8 Å². The molecule has 2 rings (SSSR count). The van der Waals surface area contributed by atoms with Crippen LogP contribution in [-0.4, -0.2) is 17.0 Å². The first-order chi connectivity index (χ1) is 10.5. The molecule has 2 aromatic rings. The fourth-order valence-corrected chi connectivity index (χ4v) is 2.15. The summed E-state index contributed by atoms with van der Waals surface area (Å²) in [6.07, 6.45) is 1.19. The van der Waals surface area contributed by atoms with E-state index in [1.165, 1.54) is 36.5 Å². The zero-order valence-corrected chi connectivity index (χ0v) is 12.5. The van der Waals surface area contributed by atoms with Gasteiger partial charge in [-0.05, 0) is 24.3 Å². The second kappa shape index (κ2) is 7.02. The Kier molecular flexibility index (Phi) is 5.08. The number of benzene rings is 2. The van der Waals surface area contributed by atoms with Crippen LogP contribution in [0.15, 0.2) is 47.6 Å². The zero-order chi connectivity index (χ0) is 16.1. The van der Waals surface area contributed by atoms with Gasteiger partial charge in [0.1, 0.15) is 0 Å². The maximum Gasteiger partial charge on any atom is 0.278 e. The van der Waals surface area contributed by atoms with Gasteiger partial charge in [-0.1, -0.05) is 35.3 Å². The number of nitro groups is 1. The third kappa shape index (κ3) is 3.81. The summed E-state index contributed by atoms with van der Waals surface area (Å²) in [6, 6.07) is 10.5. The number of para-hydroxylation sites is 1. The van der Waals surface area contributed by atoms with Gasteiger partial charge in [0.05, 0.1) is 27.3 Å². The van der Waals surface area contributed by atoms with Crippen molar-refractivity contribution in [1.82, 2.24) is 5.43 Å². The Morgan fingerprint density at radius 3 is 2.64 bits per heavy atom. The highest BCUT2D eigenvalue weighted by Crippen LogP contribution is 2.20. The van der Waals surface area contributed by atoms with Crippen molar-refractivity contribution in [2.24, 2.45) is 5.10 Å². The molecule has 0 saturated carbocycles. The van der Waals surface area contributed by atoms with Crippen molar-refractivity contribution in [1.29, 1.82) is 0 Å². The molecule has 0 aliphatic heterocycles. The van der Waals surface area contributed by atoms with Crippen molar-refractivity contribution < 1.29 is 9.72 Å². The molecule has 0 spiro atoms. The number of halogens is 2. The number of nitrogens with zero attached hydrogens (tertiary/aromatic N) is 2. The minimum atomic E-state index is -0.545. The van der Waals surface area contributed by atoms with E-state index in [1.807, 2.05) is 0 Å². The molecule has 0 aromatic heterocycles. The minimum absolute atomic E-state index is 0.106. The fraction of sp³-hybridized carbons (Fsp3) is 0. The highest BCUT2D eigenvalue weighted by molar-refractivity contribution is 6.36. The molecular weight excluding hydrogens is 329 g/mol. The second-order valence-corrected chi connectivity index (χ2v) is 4.98. The first-order valence-electron chi connectivity index (χ1n) is 6.01. The van der Waals surface area contributed by atoms with Crippen LogP contribution in [0.4, 0.5) is 5.69 Å². The Morgan fingerprint density at radius 2 is 1.95 bits per heavy atom. The lowest BCUT2D eigenvalue weighted by Gasteiger charge is -2.03. The minimum Gasteiger partial charge on any atom is -0.267 e. The highest BCUT2D eigenvalue weighted by Gasteiger charge is 2.11. The molecule has 0 heterocycles. The molecule has 112 valence electrons. The van der Waals surface area contributed by atoms with Gasteiger partial charge >= 0.3 is 0 Å². The number of carbonyl (C=O) groups is 1. The van der Waals surface area contributed by atoms with Crippen molar-refractivity contribution in [2.75, 3.05) is 0 Å². The first kappa shape index (κ1) is 15.9. The molecule has 1 amide bonds. The molecule has 0 aliphatic rings. The summed E-state index contributed by atoms with van der Waals surface area (Å²) in [5.41, 5.74) is 2.62. The monoisotopic (exact) mass is 337 g/mol. The molecule has 22 heavy (non-hydrogen) atoms. The van der Waals surface area contributed by atoms with E-state index in [0.29, 0.717) is 5.02 Å². The van der Waals surface area contributed by atoms with Gasteiger partial charge < -0.3 is 0 Å². The normalized spacial score (nSPS) is 10.6. The van der Waals surface area contributed by atoms with E-state index in [1.54, 1.807) is 12.1 Å². The number of hydrogen-bond donors (Lipinski definition) is 1. The number of hydrogen-bond acceptors (Lipinski definition) is 4. The molecular formula is C14H9Cl2N3O3. The van der Waals surface area contributed by atoms with E-state index in [0.717, 1.165) is 0 Å². The summed E-state index contributed by atoms with van der Waals surface area (Å²) in [5, 5.41) is 15.1. The SMILES string of the molecule is O=C(N/N=C\c1ccccc1[N+](=O)[O-])c1ccc(Cl)cc1Cl. The van der Waals surface area contributed by atoms with Gasteiger partial charge in [-0.2, -0.15) is 5.10 Å². The number of amides is 1. The maximum atomic E-state index is 11.9. The second-order valence-electron chi connectivity index (χ2n) is 4.14. The zero-order valence-electron chi connectivity index (χ0n) is 11.0. The Hall–Kier alpha value is -2.44. The van der Waals surface area contributed by atoms with Crippen LogP contribution in [0.5, 0.6) is 0 Å². The van der Waals surface area contributed by atoms with E-state index in [9.17, 15) is 14.9 Å². The van der Waals surface area contributed by atoms with Crippen LogP contribution < -0.4 is 5.43 Å². The molecule has 0 bridgehead atoms. The first-order valence-corrected chi connectivity index (χ1v) is 6.76. The smallest absolute Gasteiger partial charge is 0.267 e. The van der Waals surface area contributed by atoms with Crippen LogP contribution >= 0.6 is 23.2 Å². The third-order valence-corrected chi connectivity index (χ3v) is 3.23. The molecule has 0 aliphatic carbocycles. The fourth-order valence-electron chi connectivity index (χ4n) is 1.66. The molecule has 0 fully saturated rings. The van der Waals surface area contributed by atoms with Crippen molar-refractivity contribution in [2.45, 2.75) is 0 Å². The Bertz CT molecular complexity index is 763. The van der Waals surface area contributed by atoms with Gasteiger partial charge in [-0.3, -0.25) is 14.9 Å². The topological polar surface area (TPSA) is 84.6 Å². The van der Waals surface area contributed by atoms with Gasteiger partial charge in [-0.15, -0.1) is 0 Å². The van der Waals surface area contributed by atoms with Crippen LogP contribution in [0.25, 0.3) is 0 Å².